The quantitative estimate of drug-likeness (QED) is 0.603. The van der Waals surface area contributed by atoms with E-state index in [1.807, 2.05) is 41.3 Å². The zero-order chi connectivity index (χ0) is 22.0. The van der Waals surface area contributed by atoms with Crippen LogP contribution in [0.25, 0.3) is 0 Å². The molecule has 2 fully saturated rings. The molecule has 1 aliphatic heterocycles. The summed E-state index contributed by atoms with van der Waals surface area (Å²) in [5.74, 6) is -0.831. The Hall–Kier alpha value is -2.63. The predicted octanol–water partition coefficient (Wildman–Crippen LogP) is 4.22. The topological polar surface area (TPSA) is 77.8 Å². The summed E-state index contributed by atoms with van der Waals surface area (Å²) < 4.78 is 0. The number of aliphatic hydroxyl groups is 1. The average Bonchev–Trinajstić information content (AvgIpc) is 3.50. The predicted molar refractivity (Wildman–Crippen MR) is 119 cm³/mol. The first-order valence-electron chi connectivity index (χ1n) is 10.6. The van der Waals surface area contributed by atoms with Gasteiger partial charge in [0.25, 0.3) is 0 Å². The molecule has 1 saturated carbocycles. The number of carboxylic acid groups (broad SMARTS) is 1. The number of nitrogens with zero attached hydrogens (tertiary/aromatic N) is 1. The lowest BCUT2D eigenvalue weighted by Gasteiger charge is -2.24. The van der Waals surface area contributed by atoms with E-state index in [2.05, 4.69) is 0 Å². The largest absolute Gasteiger partial charge is 0.478 e. The first-order chi connectivity index (χ1) is 14.9. The third-order valence-corrected chi connectivity index (χ3v) is 6.76. The Morgan fingerprint density at radius 3 is 2.45 bits per heavy atom. The van der Waals surface area contributed by atoms with E-state index in [4.69, 9.17) is 16.7 Å². The highest BCUT2D eigenvalue weighted by Crippen LogP contribution is 2.51. The Bertz CT molecular complexity index is 980. The molecule has 1 aliphatic carbocycles. The number of carbonyl (C=O) groups is 2. The Morgan fingerprint density at radius 1 is 1.16 bits per heavy atom. The Kier molecular flexibility index (Phi) is 6.17. The minimum absolute atomic E-state index is 0.0264. The molecule has 162 valence electrons. The summed E-state index contributed by atoms with van der Waals surface area (Å²) >= 11 is 5.99. The number of carbonyl (C=O) groups excluding carboxylic acids is 1. The van der Waals surface area contributed by atoms with Crippen molar-refractivity contribution in [3.05, 3.63) is 82.4 Å². The van der Waals surface area contributed by atoms with Gasteiger partial charge in [-0.15, -0.1) is 0 Å². The van der Waals surface area contributed by atoms with E-state index in [0.717, 1.165) is 30.4 Å². The minimum atomic E-state index is -0.947. The normalized spacial score (nSPS) is 20.9. The van der Waals surface area contributed by atoms with Crippen LogP contribution in [0.4, 0.5) is 0 Å². The maximum absolute atomic E-state index is 12.4. The van der Waals surface area contributed by atoms with Gasteiger partial charge in [0.05, 0.1) is 17.7 Å². The molecule has 6 heteroatoms. The molecule has 1 unspecified atom stereocenters. The highest BCUT2D eigenvalue weighted by atomic mass is 35.5. The molecule has 2 aliphatic rings. The molecule has 0 bridgehead atoms. The van der Waals surface area contributed by atoms with Crippen LogP contribution in [-0.2, 0) is 16.6 Å². The molecule has 0 aromatic heterocycles. The number of hydrogen-bond acceptors (Lipinski definition) is 3. The van der Waals surface area contributed by atoms with Gasteiger partial charge in [-0.2, -0.15) is 0 Å². The van der Waals surface area contributed by atoms with E-state index < -0.39 is 12.1 Å². The fourth-order valence-electron chi connectivity index (χ4n) is 4.40. The van der Waals surface area contributed by atoms with Crippen molar-refractivity contribution in [3.8, 4) is 0 Å². The first-order valence-corrected chi connectivity index (χ1v) is 11.0. The highest BCUT2D eigenvalue weighted by Gasteiger charge is 2.49. The second kappa shape index (κ2) is 8.85. The number of carboxylic acids is 1. The number of benzene rings is 2. The molecule has 2 aromatic carbocycles. The summed E-state index contributed by atoms with van der Waals surface area (Å²) in [7, 11) is 0. The standard InChI is InChI=1S/C25H26ClNO4/c26-20-7-5-19(6-8-20)25(14-15-25)22(28)11-9-21-10-12-23(29)27(21)16-13-17-1-3-18(4-2-17)24(30)31/h1-9,11,21-22,28H,10,12-16H2,(H,30,31)/b11-9+/t21-,22?/m0/s1. The van der Waals surface area contributed by atoms with Crippen LogP contribution in [0.5, 0.6) is 0 Å². The Labute approximate surface area is 187 Å². The maximum Gasteiger partial charge on any atom is 0.335 e. The van der Waals surface area contributed by atoms with Crippen molar-refractivity contribution < 1.29 is 19.8 Å². The molecule has 2 atom stereocenters. The Morgan fingerprint density at radius 2 is 1.84 bits per heavy atom. The van der Waals surface area contributed by atoms with Crippen LogP contribution in [0.2, 0.25) is 5.02 Å². The first kappa shape index (κ1) is 21.6. The zero-order valence-corrected chi connectivity index (χ0v) is 18.0. The van der Waals surface area contributed by atoms with Crippen molar-refractivity contribution in [2.45, 2.75) is 49.7 Å². The van der Waals surface area contributed by atoms with E-state index in [0.29, 0.717) is 24.4 Å². The van der Waals surface area contributed by atoms with Crippen molar-refractivity contribution in [2.24, 2.45) is 0 Å². The molecular formula is C25H26ClNO4. The third kappa shape index (κ3) is 4.68. The molecule has 2 N–H and O–H groups in total. The fraction of sp³-hybridized carbons (Fsp3) is 0.360. The van der Waals surface area contributed by atoms with Gasteiger partial charge >= 0.3 is 5.97 Å². The van der Waals surface area contributed by atoms with Gasteiger partial charge in [0.2, 0.25) is 5.91 Å². The van der Waals surface area contributed by atoms with Crippen LogP contribution in [0.3, 0.4) is 0 Å². The molecule has 5 nitrogen and oxygen atoms in total. The summed E-state index contributed by atoms with van der Waals surface area (Å²) in [6.45, 7) is 0.568. The summed E-state index contributed by atoms with van der Waals surface area (Å²) in [6, 6.07) is 14.4. The lowest BCUT2D eigenvalue weighted by atomic mass is 9.89. The van der Waals surface area contributed by atoms with Crippen LogP contribution >= 0.6 is 11.6 Å². The number of aliphatic hydroxyl groups excluding tert-OH is 1. The van der Waals surface area contributed by atoms with Gasteiger partial charge in [0.1, 0.15) is 0 Å². The van der Waals surface area contributed by atoms with E-state index >= 15 is 0 Å². The van der Waals surface area contributed by atoms with E-state index in [-0.39, 0.29) is 22.9 Å². The van der Waals surface area contributed by atoms with E-state index in [1.165, 1.54) is 0 Å². The van der Waals surface area contributed by atoms with Crippen molar-refractivity contribution >= 4 is 23.5 Å². The zero-order valence-electron chi connectivity index (χ0n) is 17.2. The number of aromatic carboxylic acids is 1. The number of amides is 1. The van der Waals surface area contributed by atoms with Crippen molar-refractivity contribution in [2.75, 3.05) is 6.54 Å². The van der Waals surface area contributed by atoms with Gasteiger partial charge in [-0.3, -0.25) is 4.79 Å². The maximum atomic E-state index is 12.4. The average molecular weight is 440 g/mol. The smallest absolute Gasteiger partial charge is 0.335 e. The molecule has 31 heavy (non-hydrogen) atoms. The van der Waals surface area contributed by atoms with Crippen LogP contribution in [0.15, 0.2) is 60.7 Å². The molecule has 2 aromatic rings. The second-order valence-corrected chi connectivity index (χ2v) is 8.87. The number of rotatable bonds is 8. The summed E-state index contributed by atoms with van der Waals surface area (Å²) in [4.78, 5) is 25.2. The molecule has 1 saturated heterocycles. The van der Waals surface area contributed by atoms with Gasteiger partial charge in [-0.1, -0.05) is 48.0 Å². The molecule has 1 amide bonds. The summed E-state index contributed by atoms with van der Waals surface area (Å²) in [5.41, 5.74) is 2.09. The second-order valence-electron chi connectivity index (χ2n) is 8.44. The molecule has 1 heterocycles. The van der Waals surface area contributed by atoms with Crippen LogP contribution in [0, 0.1) is 0 Å². The van der Waals surface area contributed by atoms with Gasteiger partial charge in [-0.05, 0) is 61.1 Å². The third-order valence-electron chi connectivity index (χ3n) is 6.51. The number of likely N-dealkylation sites (tertiary alicyclic amines) is 1. The van der Waals surface area contributed by atoms with E-state index in [1.54, 1.807) is 24.3 Å². The SMILES string of the molecule is O=C(O)c1ccc(CCN2C(=O)CC[C@@H]2/C=C/C(O)C2(c3ccc(Cl)cc3)CC2)cc1. The molecular weight excluding hydrogens is 414 g/mol. The Balaban J connectivity index is 1.39. The van der Waals surface area contributed by atoms with Gasteiger partial charge < -0.3 is 15.1 Å². The fourth-order valence-corrected chi connectivity index (χ4v) is 4.53. The van der Waals surface area contributed by atoms with Crippen molar-refractivity contribution in [1.82, 2.24) is 4.90 Å². The van der Waals surface area contributed by atoms with Crippen LogP contribution in [0.1, 0.15) is 47.2 Å². The van der Waals surface area contributed by atoms with Gasteiger partial charge in [0.15, 0.2) is 0 Å². The summed E-state index contributed by atoms with van der Waals surface area (Å²) in [6.07, 6.45) is 6.99. The number of halogens is 1. The van der Waals surface area contributed by atoms with Crippen molar-refractivity contribution in [3.63, 3.8) is 0 Å². The highest BCUT2D eigenvalue weighted by molar-refractivity contribution is 6.30. The van der Waals surface area contributed by atoms with E-state index in [9.17, 15) is 14.7 Å². The van der Waals surface area contributed by atoms with Crippen LogP contribution < -0.4 is 0 Å². The van der Waals surface area contributed by atoms with Crippen LogP contribution in [-0.4, -0.2) is 45.7 Å². The lowest BCUT2D eigenvalue weighted by molar-refractivity contribution is -0.128. The summed E-state index contributed by atoms with van der Waals surface area (Å²) in [5, 5.41) is 20.6. The monoisotopic (exact) mass is 439 g/mol. The number of hydrogen-bond donors (Lipinski definition) is 2. The molecule has 0 radical (unpaired) electrons. The molecule has 4 rings (SSSR count). The molecule has 0 spiro atoms. The van der Waals surface area contributed by atoms with Crippen molar-refractivity contribution in [1.29, 1.82) is 0 Å². The van der Waals surface area contributed by atoms with Gasteiger partial charge in [-0.25, -0.2) is 4.79 Å². The van der Waals surface area contributed by atoms with Gasteiger partial charge in [0, 0.05) is 23.4 Å². The lowest BCUT2D eigenvalue weighted by Crippen LogP contribution is -2.34. The minimum Gasteiger partial charge on any atom is -0.478 e.